The van der Waals surface area contributed by atoms with E-state index in [1.165, 1.54) is 0 Å². The molecule has 0 saturated carbocycles. The van der Waals surface area contributed by atoms with Crippen LogP contribution in [0, 0.1) is 0 Å². The molecule has 0 fully saturated rings. The Bertz CT molecular complexity index is 415. The van der Waals surface area contributed by atoms with Gasteiger partial charge >= 0.3 is 0 Å². The average molecular weight is 286 g/mol. The Labute approximate surface area is 118 Å². The van der Waals surface area contributed by atoms with Gasteiger partial charge in [-0.1, -0.05) is 29.8 Å². The predicted molar refractivity (Wildman–Crippen MR) is 80.1 cm³/mol. The SMILES string of the molecule is CC(SCc1ccccc1Cl)C(=O)NC(C)(C)C. The molecule has 1 amide bonds. The number of thioether (sulfide) groups is 1. The number of carbonyl (C=O) groups is 1. The average Bonchev–Trinajstić information content (AvgIpc) is 2.25. The van der Waals surface area contributed by atoms with E-state index >= 15 is 0 Å². The van der Waals surface area contributed by atoms with Crippen LogP contribution < -0.4 is 5.32 Å². The van der Waals surface area contributed by atoms with Crippen molar-refractivity contribution in [1.29, 1.82) is 0 Å². The van der Waals surface area contributed by atoms with Crippen LogP contribution >= 0.6 is 23.4 Å². The summed E-state index contributed by atoms with van der Waals surface area (Å²) >= 11 is 7.68. The summed E-state index contributed by atoms with van der Waals surface area (Å²) in [7, 11) is 0. The maximum absolute atomic E-state index is 11.9. The van der Waals surface area contributed by atoms with E-state index in [-0.39, 0.29) is 16.7 Å². The van der Waals surface area contributed by atoms with Crippen molar-refractivity contribution >= 4 is 29.3 Å². The number of rotatable bonds is 4. The Morgan fingerprint density at radius 3 is 2.56 bits per heavy atom. The zero-order chi connectivity index (χ0) is 13.8. The first-order chi connectivity index (χ1) is 8.29. The van der Waals surface area contributed by atoms with Crippen LogP contribution in [0.25, 0.3) is 0 Å². The number of amides is 1. The number of carbonyl (C=O) groups excluding carboxylic acids is 1. The van der Waals surface area contributed by atoms with Gasteiger partial charge < -0.3 is 5.32 Å². The van der Waals surface area contributed by atoms with Gasteiger partial charge in [-0.25, -0.2) is 0 Å². The van der Waals surface area contributed by atoms with Crippen LogP contribution in [0.5, 0.6) is 0 Å². The smallest absolute Gasteiger partial charge is 0.233 e. The van der Waals surface area contributed by atoms with E-state index < -0.39 is 0 Å². The normalized spacial score (nSPS) is 13.2. The third-order valence-corrected chi connectivity index (χ3v) is 3.87. The van der Waals surface area contributed by atoms with Gasteiger partial charge in [0.25, 0.3) is 0 Å². The highest BCUT2D eigenvalue weighted by molar-refractivity contribution is 7.99. The molecule has 0 saturated heterocycles. The van der Waals surface area contributed by atoms with Crippen molar-refractivity contribution in [3.63, 3.8) is 0 Å². The molecule has 1 rings (SSSR count). The van der Waals surface area contributed by atoms with E-state index in [1.807, 2.05) is 52.0 Å². The number of halogens is 1. The lowest BCUT2D eigenvalue weighted by molar-refractivity contribution is -0.121. The number of nitrogens with one attached hydrogen (secondary N) is 1. The minimum absolute atomic E-state index is 0.0690. The molecule has 0 bridgehead atoms. The van der Waals surface area contributed by atoms with Crippen molar-refractivity contribution in [2.24, 2.45) is 0 Å². The van der Waals surface area contributed by atoms with Gasteiger partial charge in [0.05, 0.1) is 5.25 Å². The van der Waals surface area contributed by atoms with E-state index in [0.717, 1.165) is 16.3 Å². The standard InChI is InChI=1S/C14H20ClNOS/c1-10(13(17)16-14(2,3)4)18-9-11-7-5-6-8-12(11)15/h5-8,10H,9H2,1-4H3,(H,16,17). The Morgan fingerprint density at radius 1 is 1.39 bits per heavy atom. The molecule has 1 atom stereocenters. The number of hydrogen-bond donors (Lipinski definition) is 1. The van der Waals surface area contributed by atoms with Gasteiger partial charge in [0, 0.05) is 16.3 Å². The van der Waals surface area contributed by atoms with Gasteiger partial charge in [-0.2, -0.15) is 0 Å². The highest BCUT2D eigenvalue weighted by Gasteiger charge is 2.19. The van der Waals surface area contributed by atoms with Crippen LogP contribution in [-0.2, 0) is 10.5 Å². The Balaban J connectivity index is 2.49. The molecule has 0 spiro atoms. The minimum atomic E-state index is -0.184. The Kier molecular flexibility index (Phi) is 5.54. The van der Waals surface area contributed by atoms with E-state index in [2.05, 4.69) is 5.32 Å². The molecule has 0 heterocycles. The third-order valence-electron chi connectivity index (χ3n) is 2.31. The molecule has 1 aromatic carbocycles. The molecule has 0 aliphatic heterocycles. The quantitative estimate of drug-likeness (QED) is 0.910. The third kappa shape index (κ3) is 5.32. The fourth-order valence-corrected chi connectivity index (χ4v) is 2.55. The van der Waals surface area contributed by atoms with Gasteiger partial charge in [0.2, 0.25) is 5.91 Å². The minimum Gasteiger partial charge on any atom is -0.351 e. The van der Waals surface area contributed by atoms with Crippen LogP contribution in [0.1, 0.15) is 33.3 Å². The summed E-state index contributed by atoms with van der Waals surface area (Å²) in [5, 5.41) is 3.65. The summed E-state index contributed by atoms with van der Waals surface area (Å²) in [6, 6.07) is 7.73. The summed E-state index contributed by atoms with van der Waals surface area (Å²) in [5.74, 6) is 0.817. The number of hydrogen-bond acceptors (Lipinski definition) is 2. The molecule has 100 valence electrons. The zero-order valence-electron chi connectivity index (χ0n) is 11.3. The van der Waals surface area contributed by atoms with Crippen molar-refractivity contribution in [1.82, 2.24) is 5.32 Å². The first-order valence-electron chi connectivity index (χ1n) is 5.96. The van der Waals surface area contributed by atoms with Crippen LogP contribution in [0.15, 0.2) is 24.3 Å². The Hall–Kier alpha value is -0.670. The van der Waals surface area contributed by atoms with Gasteiger partial charge in [-0.15, -0.1) is 11.8 Å². The maximum Gasteiger partial charge on any atom is 0.233 e. The molecule has 4 heteroatoms. The summed E-state index contributed by atoms with van der Waals surface area (Å²) in [6.07, 6.45) is 0. The van der Waals surface area contributed by atoms with E-state index in [1.54, 1.807) is 11.8 Å². The van der Waals surface area contributed by atoms with Crippen LogP contribution in [0.4, 0.5) is 0 Å². The summed E-state index contributed by atoms with van der Waals surface area (Å²) in [4.78, 5) is 11.9. The molecule has 0 aliphatic carbocycles. The predicted octanol–water partition coefficient (Wildman–Crippen LogP) is 3.88. The summed E-state index contributed by atoms with van der Waals surface area (Å²) in [6.45, 7) is 7.87. The number of benzene rings is 1. The summed E-state index contributed by atoms with van der Waals surface area (Å²) < 4.78 is 0. The molecule has 1 N–H and O–H groups in total. The molecule has 0 aromatic heterocycles. The molecular formula is C14H20ClNOS. The lowest BCUT2D eigenvalue weighted by Crippen LogP contribution is -2.44. The second-order valence-corrected chi connectivity index (χ2v) is 7.02. The fourth-order valence-electron chi connectivity index (χ4n) is 1.38. The van der Waals surface area contributed by atoms with Crippen molar-refractivity contribution in [3.8, 4) is 0 Å². The molecule has 0 radical (unpaired) electrons. The van der Waals surface area contributed by atoms with Gasteiger partial charge in [-0.3, -0.25) is 4.79 Å². The van der Waals surface area contributed by atoms with E-state index in [0.29, 0.717) is 0 Å². The van der Waals surface area contributed by atoms with E-state index in [4.69, 9.17) is 11.6 Å². The van der Waals surface area contributed by atoms with Crippen molar-refractivity contribution < 1.29 is 4.79 Å². The first kappa shape index (κ1) is 15.4. The lowest BCUT2D eigenvalue weighted by Gasteiger charge is -2.23. The molecule has 1 unspecified atom stereocenters. The van der Waals surface area contributed by atoms with Crippen molar-refractivity contribution in [2.75, 3.05) is 0 Å². The molecule has 2 nitrogen and oxygen atoms in total. The first-order valence-corrected chi connectivity index (χ1v) is 7.39. The molecular weight excluding hydrogens is 266 g/mol. The van der Waals surface area contributed by atoms with Gasteiger partial charge in [0.15, 0.2) is 0 Å². The van der Waals surface area contributed by atoms with Gasteiger partial charge in [0.1, 0.15) is 0 Å². The highest BCUT2D eigenvalue weighted by atomic mass is 35.5. The summed E-state index contributed by atoms with van der Waals surface area (Å²) in [5.41, 5.74) is 0.885. The van der Waals surface area contributed by atoms with Gasteiger partial charge in [-0.05, 0) is 39.3 Å². The van der Waals surface area contributed by atoms with Crippen molar-refractivity contribution in [2.45, 2.75) is 44.2 Å². The van der Waals surface area contributed by atoms with Crippen LogP contribution in [-0.4, -0.2) is 16.7 Å². The van der Waals surface area contributed by atoms with E-state index in [9.17, 15) is 4.79 Å². The second-order valence-electron chi connectivity index (χ2n) is 5.28. The van der Waals surface area contributed by atoms with Crippen LogP contribution in [0.3, 0.4) is 0 Å². The molecule has 18 heavy (non-hydrogen) atoms. The fraction of sp³-hybridized carbons (Fsp3) is 0.500. The largest absolute Gasteiger partial charge is 0.351 e. The maximum atomic E-state index is 11.9. The monoisotopic (exact) mass is 285 g/mol. The lowest BCUT2D eigenvalue weighted by atomic mass is 10.1. The molecule has 1 aromatic rings. The topological polar surface area (TPSA) is 29.1 Å². The Morgan fingerprint density at radius 2 is 2.00 bits per heavy atom. The van der Waals surface area contributed by atoms with Crippen LogP contribution in [0.2, 0.25) is 5.02 Å². The zero-order valence-corrected chi connectivity index (χ0v) is 12.9. The van der Waals surface area contributed by atoms with Crippen molar-refractivity contribution in [3.05, 3.63) is 34.9 Å². The molecule has 0 aliphatic rings. The highest BCUT2D eigenvalue weighted by Crippen LogP contribution is 2.23. The second kappa shape index (κ2) is 6.48.